The Labute approximate surface area is 66.2 Å². The van der Waals surface area contributed by atoms with Crippen LogP contribution < -0.4 is 5.73 Å². The second-order valence-corrected chi connectivity index (χ2v) is 3.26. The molecule has 1 heterocycles. The van der Waals surface area contributed by atoms with Gasteiger partial charge in [-0.1, -0.05) is 0 Å². The lowest BCUT2D eigenvalue weighted by atomic mass is 9.99. The summed E-state index contributed by atoms with van der Waals surface area (Å²) in [6, 6.07) is 0. The van der Waals surface area contributed by atoms with Gasteiger partial charge in [0.15, 0.2) is 5.76 Å². The summed E-state index contributed by atoms with van der Waals surface area (Å²) in [4.78, 5) is 11.3. The third-order valence-corrected chi connectivity index (χ3v) is 1.51. The second-order valence-electron chi connectivity index (χ2n) is 3.26. The molecule has 0 aliphatic carbocycles. The van der Waals surface area contributed by atoms with Gasteiger partial charge in [0, 0.05) is 6.42 Å². The van der Waals surface area contributed by atoms with Crippen molar-refractivity contribution in [1.82, 2.24) is 0 Å². The van der Waals surface area contributed by atoms with E-state index in [0.717, 1.165) is 6.42 Å². The summed E-state index contributed by atoms with van der Waals surface area (Å²) in [5.74, 6) is 0.313. The molecule has 0 amide bonds. The van der Waals surface area contributed by atoms with Crippen LogP contribution in [0.4, 0.5) is 0 Å². The second kappa shape index (κ2) is 2.66. The number of hydrogen-bond donors (Lipinski definition) is 1. The van der Waals surface area contributed by atoms with Crippen LogP contribution in [0.5, 0.6) is 0 Å². The van der Waals surface area contributed by atoms with Gasteiger partial charge in [-0.25, -0.2) is 0 Å². The van der Waals surface area contributed by atoms with Crippen LogP contribution >= 0.6 is 0 Å². The number of nitrogens with two attached hydrogens (primary N) is 1. The third kappa shape index (κ3) is 1.80. The maximum Gasteiger partial charge on any atom is 0.216 e. The third-order valence-electron chi connectivity index (χ3n) is 1.51. The molecule has 3 heteroatoms. The Morgan fingerprint density at radius 3 is 2.73 bits per heavy atom. The van der Waals surface area contributed by atoms with Crippen molar-refractivity contribution in [2.45, 2.75) is 25.8 Å². The predicted octanol–water partition coefficient (Wildman–Crippen LogP) is 0.597. The van der Waals surface area contributed by atoms with E-state index in [4.69, 9.17) is 10.5 Å². The summed E-state index contributed by atoms with van der Waals surface area (Å²) < 4.78 is 5.07. The highest BCUT2D eigenvalue weighted by atomic mass is 16.5. The number of carbonyl (C=O) groups excluding carboxylic acids is 1. The molecule has 2 N–H and O–H groups in total. The van der Waals surface area contributed by atoms with Crippen molar-refractivity contribution in [2.24, 2.45) is 5.73 Å². The number of rotatable bonds is 2. The number of ketones is 1. The van der Waals surface area contributed by atoms with Gasteiger partial charge in [0.1, 0.15) is 0 Å². The highest BCUT2D eigenvalue weighted by Crippen LogP contribution is 2.15. The molecule has 0 fully saturated rings. The van der Waals surface area contributed by atoms with E-state index in [1.807, 2.05) is 0 Å². The molecular weight excluding hydrogens is 142 g/mol. The minimum Gasteiger partial charge on any atom is -0.490 e. The van der Waals surface area contributed by atoms with Crippen molar-refractivity contribution in [3.63, 3.8) is 0 Å². The molecule has 3 nitrogen and oxygen atoms in total. The van der Waals surface area contributed by atoms with Gasteiger partial charge < -0.3 is 10.5 Å². The molecule has 1 aliphatic rings. The van der Waals surface area contributed by atoms with Crippen LogP contribution in [0.1, 0.15) is 20.3 Å². The van der Waals surface area contributed by atoms with Gasteiger partial charge in [0.25, 0.3) is 0 Å². The lowest BCUT2D eigenvalue weighted by Crippen LogP contribution is -2.42. The van der Waals surface area contributed by atoms with Crippen LogP contribution in [0.3, 0.4) is 0 Å². The minimum atomic E-state index is -0.809. The van der Waals surface area contributed by atoms with Crippen molar-refractivity contribution in [2.75, 3.05) is 6.61 Å². The van der Waals surface area contributed by atoms with E-state index < -0.39 is 5.54 Å². The van der Waals surface area contributed by atoms with E-state index in [2.05, 4.69) is 0 Å². The van der Waals surface area contributed by atoms with Crippen molar-refractivity contribution < 1.29 is 9.53 Å². The van der Waals surface area contributed by atoms with Crippen molar-refractivity contribution in [1.29, 1.82) is 0 Å². The first kappa shape index (κ1) is 8.27. The van der Waals surface area contributed by atoms with Crippen molar-refractivity contribution in [3.8, 4) is 0 Å². The van der Waals surface area contributed by atoms with Crippen molar-refractivity contribution >= 4 is 5.78 Å². The molecule has 0 saturated carbocycles. The SMILES string of the molecule is CC(C)(N)C(=O)C1=CCCO1. The highest BCUT2D eigenvalue weighted by molar-refractivity contribution is 6.00. The zero-order valence-electron chi connectivity index (χ0n) is 6.89. The molecule has 0 aromatic rings. The van der Waals surface area contributed by atoms with Gasteiger partial charge in [0.05, 0.1) is 12.1 Å². The summed E-state index contributed by atoms with van der Waals surface area (Å²) in [5.41, 5.74) is 4.78. The molecule has 1 aliphatic heterocycles. The molecule has 0 unspecified atom stereocenters. The fourth-order valence-corrected chi connectivity index (χ4v) is 0.894. The van der Waals surface area contributed by atoms with Gasteiger partial charge in [-0.15, -0.1) is 0 Å². The summed E-state index contributed by atoms with van der Waals surface area (Å²) in [5, 5.41) is 0. The molecule has 0 radical (unpaired) electrons. The Bertz CT molecular complexity index is 201. The maximum atomic E-state index is 11.3. The Kier molecular flexibility index (Phi) is 2.00. The van der Waals surface area contributed by atoms with Crippen LogP contribution in [0.25, 0.3) is 0 Å². The largest absolute Gasteiger partial charge is 0.490 e. The minimum absolute atomic E-state index is 0.116. The normalized spacial score (nSPS) is 17.5. The van der Waals surface area contributed by atoms with E-state index in [0.29, 0.717) is 12.4 Å². The van der Waals surface area contributed by atoms with Crippen LogP contribution in [-0.4, -0.2) is 17.9 Å². The lowest BCUT2D eigenvalue weighted by Gasteiger charge is -2.16. The Hall–Kier alpha value is -0.830. The first-order valence-corrected chi connectivity index (χ1v) is 3.68. The first-order valence-electron chi connectivity index (χ1n) is 3.68. The predicted molar refractivity (Wildman–Crippen MR) is 41.9 cm³/mol. The average molecular weight is 155 g/mol. The van der Waals surface area contributed by atoms with E-state index in [1.54, 1.807) is 19.9 Å². The number of ether oxygens (including phenoxy) is 1. The Balaban J connectivity index is 2.68. The summed E-state index contributed by atoms with van der Waals surface area (Å²) in [7, 11) is 0. The van der Waals surface area contributed by atoms with Crippen LogP contribution in [-0.2, 0) is 9.53 Å². The van der Waals surface area contributed by atoms with E-state index in [1.165, 1.54) is 0 Å². The van der Waals surface area contributed by atoms with Gasteiger partial charge in [-0.2, -0.15) is 0 Å². The van der Waals surface area contributed by atoms with Gasteiger partial charge >= 0.3 is 0 Å². The molecule has 62 valence electrons. The molecular formula is C8H13NO2. The topological polar surface area (TPSA) is 52.3 Å². The van der Waals surface area contributed by atoms with Crippen molar-refractivity contribution in [3.05, 3.63) is 11.8 Å². The van der Waals surface area contributed by atoms with Gasteiger partial charge in [-0.05, 0) is 19.9 Å². The number of Topliss-reactive ketones (excluding diaryl/α,β-unsaturated/α-hetero) is 1. The number of hydrogen-bond acceptors (Lipinski definition) is 3. The molecule has 0 atom stereocenters. The van der Waals surface area contributed by atoms with E-state index in [-0.39, 0.29) is 5.78 Å². The average Bonchev–Trinajstić information content (AvgIpc) is 2.34. The summed E-state index contributed by atoms with van der Waals surface area (Å²) in [6.45, 7) is 3.97. The molecule has 0 saturated heterocycles. The molecule has 0 aromatic carbocycles. The van der Waals surface area contributed by atoms with Crippen LogP contribution in [0, 0.1) is 0 Å². The quantitative estimate of drug-likeness (QED) is 0.635. The zero-order valence-corrected chi connectivity index (χ0v) is 6.89. The lowest BCUT2D eigenvalue weighted by molar-refractivity contribution is -0.122. The monoisotopic (exact) mass is 155 g/mol. The fraction of sp³-hybridized carbons (Fsp3) is 0.625. The highest BCUT2D eigenvalue weighted by Gasteiger charge is 2.28. The van der Waals surface area contributed by atoms with E-state index in [9.17, 15) is 4.79 Å². The van der Waals surface area contributed by atoms with Gasteiger partial charge in [-0.3, -0.25) is 4.79 Å². The van der Waals surface area contributed by atoms with Gasteiger partial charge in [0.2, 0.25) is 5.78 Å². The number of carbonyl (C=O) groups is 1. The zero-order chi connectivity index (χ0) is 8.48. The van der Waals surface area contributed by atoms with E-state index >= 15 is 0 Å². The fourth-order valence-electron chi connectivity index (χ4n) is 0.894. The summed E-state index contributed by atoms with van der Waals surface area (Å²) >= 11 is 0. The molecule has 1 rings (SSSR count). The Morgan fingerprint density at radius 2 is 2.36 bits per heavy atom. The smallest absolute Gasteiger partial charge is 0.216 e. The Morgan fingerprint density at radius 1 is 1.73 bits per heavy atom. The first-order chi connectivity index (χ1) is 5.02. The molecule has 0 spiro atoms. The maximum absolute atomic E-state index is 11.3. The molecule has 0 aromatic heterocycles. The van der Waals surface area contributed by atoms with Crippen LogP contribution in [0.15, 0.2) is 11.8 Å². The summed E-state index contributed by atoms with van der Waals surface area (Å²) in [6.07, 6.45) is 2.61. The van der Waals surface area contributed by atoms with Crippen LogP contribution in [0.2, 0.25) is 0 Å². The molecule has 11 heavy (non-hydrogen) atoms. The molecule has 0 bridgehead atoms. The standard InChI is InChI=1S/C8H13NO2/c1-8(2,9)7(10)6-4-3-5-11-6/h4H,3,5,9H2,1-2H3.